The van der Waals surface area contributed by atoms with Crippen molar-refractivity contribution < 1.29 is 19.4 Å². The molecular weight excluding hydrogens is 618 g/mol. The number of carbonyl (C=O) groups is 2. The third-order valence-electron chi connectivity index (χ3n) is 7.31. The second-order valence-electron chi connectivity index (χ2n) is 10.3. The van der Waals surface area contributed by atoms with Crippen LogP contribution in [0.25, 0.3) is 11.4 Å². The predicted octanol–water partition coefficient (Wildman–Crippen LogP) is 7.16. The van der Waals surface area contributed by atoms with E-state index >= 15 is 0 Å². The number of carbonyl (C=O) groups excluding carboxylic acids is 2. The maximum Gasteiger partial charge on any atom is 0.301 e. The van der Waals surface area contributed by atoms with Gasteiger partial charge in [-0.05, 0) is 61.2 Å². The van der Waals surface area contributed by atoms with E-state index < -0.39 is 17.7 Å². The van der Waals surface area contributed by atoms with Crippen LogP contribution >= 0.6 is 34.7 Å². The summed E-state index contributed by atoms with van der Waals surface area (Å²) in [6.45, 7) is 6.25. The number of aromatic nitrogens is 4. The third kappa shape index (κ3) is 5.47. The second kappa shape index (κ2) is 12.4. The van der Waals surface area contributed by atoms with Crippen LogP contribution in [0.15, 0.2) is 76.8 Å². The summed E-state index contributed by atoms with van der Waals surface area (Å²) in [4.78, 5) is 33.5. The van der Waals surface area contributed by atoms with Crippen molar-refractivity contribution in [3.05, 3.63) is 106 Å². The number of imidazole rings is 1. The van der Waals surface area contributed by atoms with Gasteiger partial charge in [0.25, 0.3) is 5.78 Å². The topological polar surface area (TPSA) is 110 Å². The van der Waals surface area contributed by atoms with E-state index in [0.29, 0.717) is 44.4 Å². The minimum absolute atomic E-state index is 0.0766. The van der Waals surface area contributed by atoms with E-state index in [2.05, 4.69) is 15.2 Å². The van der Waals surface area contributed by atoms with E-state index in [1.807, 2.05) is 73.8 Å². The molecule has 5 aromatic rings. The van der Waals surface area contributed by atoms with Crippen molar-refractivity contribution in [2.24, 2.45) is 0 Å². The molecule has 12 heteroatoms. The van der Waals surface area contributed by atoms with E-state index in [9.17, 15) is 14.7 Å². The van der Waals surface area contributed by atoms with Crippen LogP contribution < -0.4 is 9.64 Å². The Balaban J connectivity index is 1.45. The van der Waals surface area contributed by atoms with E-state index in [4.69, 9.17) is 16.3 Å². The van der Waals surface area contributed by atoms with Crippen LogP contribution in [0.3, 0.4) is 0 Å². The van der Waals surface area contributed by atoms with Gasteiger partial charge in [0.2, 0.25) is 5.13 Å². The van der Waals surface area contributed by atoms with Crippen LogP contribution in [0.1, 0.15) is 47.5 Å². The van der Waals surface area contributed by atoms with Crippen molar-refractivity contribution in [2.75, 3.05) is 11.5 Å². The first-order valence-electron chi connectivity index (χ1n) is 14.0. The van der Waals surface area contributed by atoms with Crippen LogP contribution in [0.2, 0.25) is 5.02 Å². The lowest BCUT2D eigenvalue weighted by Gasteiger charge is -2.23. The maximum atomic E-state index is 13.8. The van der Waals surface area contributed by atoms with Crippen LogP contribution in [-0.4, -0.2) is 43.0 Å². The quantitative estimate of drug-likeness (QED) is 0.0591. The number of hydrogen-bond acceptors (Lipinski definition) is 9. The molecule has 1 aliphatic heterocycles. The van der Waals surface area contributed by atoms with Crippen molar-refractivity contribution in [1.29, 1.82) is 0 Å². The van der Waals surface area contributed by atoms with Crippen LogP contribution in [-0.2, 0) is 15.3 Å². The molecule has 1 atom stereocenters. The summed E-state index contributed by atoms with van der Waals surface area (Å²) >= 11 is 8.95. The van der Waals surface area contributed by atoms with Gasteiger partial charge in [-0.3, -0.25) is 14.5 Å². The smallest absolute Gasteiger partial charge is 0.301 e. The summed E-state index contributed by atoms with van der Waals surface area (Å²) in [5.41, 5.74) is 3.87. The van der Waals surface area contributed by atoms with Crippen molar-refractivity contribution in [1.82, 2.24) is 19.6 Å². The Bertz CT molecular complexity index is 1930. The summed E-state index contributed by atoms with van der Waals surface area (Å²) in [7, 11) is 0. The number of aliphatic hydroxyl groups is 1. The SMILES string of the molecule is CCCOc1cccc(C2C(=C(O)c3nc4c(C)cccn4c3C)C(=O)C(=O)N2c2nnc(SCc3ccccc3Cl)s2)c1. The fourth-order valence-electron chi connectivity index (χ4n) is 5.13. The molecule has 2 aromatic carbocycles. The lowest BCUT2D eigenvalue weighted by Crippen LogP contribution is -2.29. The fourth-order valence-corrected chi connectivity index (χ4v) is 7.28. The van der Waals surface area contributed by atoms with Gasteiger partial charge in [0, 0.05) is 17.0 Å². The van der Waals surface area contributed by atoms with Crippen LogP contribution in [0.5, 0.6) is 5.75 Å². The van der Waals surface area contributed by atoms with Gasteiger partial charge in [0.15, 0.2) is 10.1 Å². The zero-order valence-corrected chi connectivity index (χ0v) is 26.5. The standard InChI is InChI=1S/C32H28ClN5O4S2/c1-4-15-42-22-12-7-11-20(16-22)26-24(27(39)25-19(3)37-14-8-9-18(2)29(37)34-25)28(40)30(41)38(26)31-35-36-32(44-31)43-17-21-10-5-6-13-23(21)33/h5-14,16,26,39H,4,15,17H2,1-3H3. The molecule has 44 heavy (non-hydrogen) atoms. The first kappa shape index (κ1) is 29.9. The summed E-state index contributed by atoms with van der Waals surface area (Å²) in [6.07, 6.45) is 2.66. The monoisotopic (exact) mass is 645 g/mol. The summed E-state index contributed by atoms with van der Waals surface area (Å²) in [6, 6.07) is 17.6. The normalized spacial score (nSPS) is 16.3. The molecule has 1 N–H and O–H groups in total. The van der Waals surface area contributed by atoms with Gasteiger partial charge >= 0.3 is 5.91 Å². The number of benzene rings is 2. The first-order valence-corrected chi connectivity index (χ1v) is 16.1. The lowest BCUT2D eigenvalue weighted by atomic mass is 9.96. The molecule has 6 rings (SSSR count). The molecule has 0 aliphatic carbocycles. The van der Waals surface area contributed by atoms with Crippen molar-refractivity contribution in [2.45, 2.75) is 43.3 Å². The number of ketones is 1. The van der Waals surface area contributed by atoms with Gasteiger partial charge in [-0.25, -0.2) is 4.98 Å². The van der Waals surface area contributed by atoms with Gasteiger partial charge < -0.3 is 14.2 Å². The average molecular weight is 646 g/mol. The molecule has 1 unspecified atom stereocenters. The molecule has 1 amide bonds. The lowest BCUT2D eigenvalue weighted by molar-refractivity contribution is -0.132. The predicted molar refractivity (Wildman–Crippen MR) is 173 cm³/mol. The van der Waals surface area contributed by atoms with E-state index in [1.165, 1.54) is 28.0 Å². The first-order chi connectivity index (χ1) is 21.3. The summed E-state index contributed by atoms with van der Waals surface area (Å²) < 4.78 is 8.32. The number of anilines is 1. The summed E-state index contributed by atoms with van der Waals surface area (Å²) in [5, 5.41) is 21.2. The molecule has 1 aliphatic rings. The number of hydrogen-bond donors (Lipinski definition) is 1. The second-order valence-corrected chi connectivity index (χ2v) is 12.8. The highest BCUT2D eigenvalue weighted by atomic mass is 35.5. The molecule has 4 heterocycles. The zero-order valence-electron chi connectivity index (χ0n) is 24.2. The molecule has 0 radical (unpaired) electrons. The number of fused-ring (bicyclic) bond motifs is 1. The highest BCUT2D eigenvalue weighted by Crippen LogP contribution is 2.45. The van der Waals surface area contributed by atoms with Crippen molar-refractivity contribution >= 4 is 62.9 Å². The Morgan fingerprint density at radius 1 is 1.09 bits per heavy atom. The molecule has 9 nitrogen and oxygen atoms in total. The molecule has 1 fully saturated rings. The minimum atomic E-state index is -0.986. The number of aliphatic hydroxyl groups excluding tert-OH is 1. The molecule has 224 valence electrons. The minimum Gasteiger partial charge on any atom is -0.505 e. The largest absolute Gasteiger partial charge is 0.505 e. The van der Waals surface area contributed by atoms with Crippen LogP contribution in [0, 0.1) is 13.8 Å². The van der Waals surface area contributed by atoms with E-state index in [-0.39, 0.29) is 22.2 Å². The highest BCUT2D eigenvalue weighted by molar-refractivity contribution is 8.00. The van der Waals surface area contributed by atoms with Crippen molar-refractivity contribution in [3.63, 3.8) is 0 Å². The maximum absolute atomic E-state index is 13.8. The van der Waals surface area contributed by atoms with Crippen molar-refractivity contribution in [3.8, 4) is 5.75 Å². The zero-order chi connectivity index (χ0) is 31.0. The van der Waals surface area contributed by atoms with Gasteiger partial charge in [0.1, 0.15) is 17.1 Å². The van der Waals surface area contributed by atoms with Crippen LogP contribution in [0.4, 0.5) is 5.13 Å². The number of thioether (sulfide) groups is 1. The highest BCUT2D eigenvalue weighted by Gasteiger charge is 2.49. The third-order valence-corrected chi connectivity index (χ3v) is 9.78. The Morgan fingerprint density at radius 2 is 1.91 bits per heavy atom. The Hall–Kier alpha value is -4.19. The number of ether oxygens (including phenoxy) is 1. The molecule has 0 bridgehead atoms. The molecule has 1 saturated heterocycles. The molecule has 0 spiro atoms. The Labute approximate surface area is 267 Å². The molecular formula is C32H28ClN5O4S2. The Kier molecular flexibility index (Phi) is 8.44. The number of aryl methyl sites for hydroxylation is 2. The number of halogens is 1. The summed E-state index contributed by atoms with van der Waals surface area (Å²) in [5.74, 6) is -0.856. The van der Waals surface area contributed by atoms with E-state index in [1.54, 1.807) is 18.2 Å². The van der Waals surface area contributed by atoms with Gasteiger partial charge in [-0.1, -0.05) is 78.0 Å². The van der Waals surface area contributed by atoms with Gasteiger partial charge in [-0.2, -0.15) is 0 Å². The average Bonchev–Trinajstić information content (AvgIpc) is 3.70. The number of amides is 1. The fraction of sp³-hybridized carbons (Fsp3) is 0.219. The molecule has 0 saturated carbocycles. The number of pyridine rings is 1. The number of Topliss-reactive ketones (excluding diaryl/α,β-unsaturated/α-hetero) is 1. The Morgan fingerprint density at radius 3 is 2.68 bits per heavy atom. The van der Waals surface area contributed by atoms with E-state index in [0.717, 1.165) is 17.5 Å². The number of nitrogens with zero attached hydrogens (tertiary/aromatic N) is 5. The molecule has 3 aromatic heterocycles. The number of rotatable bonds is 9. The van der Waals surface area contributed by atoms with Gasteiger partial charge in [-0.15, -0.1) is 10.2 Å². The van der Waals surface area contributed by atoms with Gasteiger partial charge in [0.05, 0.1) is 23.9 Å².